The molecule has 0 bridgehead atoms. The number of fused-ring (bicyclic) bond motifs is 2. The zero-order valence-electron chi connectivity index (χ0n) is 24.8. The number of hydrogen-bond donors (Lipinski definition) is 3. The summed E-state index contributed by atoms with van der Waals surface area (Å²) in [7, 11) is 0. The molecule has 4 heterocycles. The Bertz CT molecular complexity index is 1760. The molecule has 4 aromatic rings. The maximum absolute atomic E-state index is 13.3. The Balaban J connectivity index is 1.56. The van der Waals surface area contributed by atoms with Crippen LogP contribution in [0.1, 0.15) is 58.4 Å². The van der Waals surface area contributed by atoms with Gasteiger partial charge in [0.2, 0.25) is 5.95 Å². The Morgan fingerprint density at radius 2 is 1.88 bits per heavy atom. The SMILES string of the molecule is C=CCn1c(=O)c2cnc(Nc3ccc4c(c3)CN(C(=O)C(C)(C)O)CC4(C)C)nc2n1-c1cccc(C(C)(C)O)n1. The molecule has 0 aliphatic carbocycles. The molecular formula is C31H37N7O4. The molecule has 0 spiro atoms. The number of allylic oxidation sites excluding steroid dienone is 1. The monoisotopic (exact) mass is 571 g/mol. The van der Waals surface area contributed by atoms with Crippen molar-refractivity contribution < 1.29 is 15.0 Å². The predicted octanol–water partition coefficient (Wildman–Crippen LogP) is 3.52. The molecule has 3 aromatic heterocycles. The first-order chi connectivity index (χ1) is 19.6. The van der Waals surface area contributed by atoms with Crippen LogP contribution in [0.3, 0.4) is 0 Å². The van der Waals surface area contributed by atoms with Crippen molar-refractivity contribution in [2.24, 2.45) is 0 Å². The summed E-state index contributed by atoms with van der Waals surface area (Å²) in [5.41, 5.74) is 0.333. The normalized spacial score (nSPS) is 15.0. The first kappa shape index (κ1) is 29.2. The lowest BCUT2D eigenvalue weighted by atomic mass is 9.78. The average molecular weight is 572 g/mol. The quantitative estimate of drug-likeness (QED) is 0.287. The van der Waals surface area contributed by atoms with Gasteiger partial charge >= 0.3 is 0 Å². The molecule has 0 unspecified atom stereocenters. The number of anilines is 2. The Hall–Kier alpha value is -4.35. The highest BCUT2D eigenvalue weighted by atomic mass is 16.3. The fraction of sp³-hybridized carbons (Fsp3) is 0.387. The fourth-order valence-corrected chi connectivity index (χ4v) is 5.44. The maximum atomic E-state index is 13.3. The highest BCUT2D eigenvalue weighted by Crippen LogP contribution is 2.36. The van der Waals surface area contributed by atoms with E-state index in [1.807, 2.05) is 18.2 Å². The van der Waals surface area contributed by atoms with Crippen LogP contribution in [0.2, 0.25) is 0 Å². The maximum Gasteiger partial charge on any atom is 0.278 e. The van der Waals surface area contributed by atoms with Crippen LogP contribution < -0.4 is 10.9 Å². The molecule has 1 aliphatic rings. The number of hydrogen-bond acceptors (Lipinski definition) is 8. The van der Waals surface area contributed by atoms with Gasteiger partial charge in [-0.3, -0.25) is 9.59 Å². The van der Waals surface area contributed by atoms with Gasteiger partial charge in [0.1, 0.15) is 16.6 Å². The number of nitrogens with one attached hydrogen (secondary N) is 1. The molecular weight excluding hydrogens is 534 g/mol. The molecule has 1 aliphatic heterocycles. The van der Waals surface area contributed by atoms with Gasteiger partial charge < -0.3 is 20.4 Å². The van der Waals surface area contributed by atoms with Crippen molar-refractivity contribution in [1.29, 1.82) is 0 Å². The van der Waals surface area contributed by atoms with E-state index in [4.69, 9.17) is 4.98 Å². The number of rotatable bonds is 7. The van der Waals surface area contributed by atoms with Crippen LogP contribution in [0.5, 0.6) is 0 Å². The second kappa shape index (κ2) is 10.2. The molecule has 220 valence electrons. The Morgan fingerprint density at radius 1 is 1.14 bits per heavy atom. The van der Waals surface area contributed by atoms with Gasteiger partial charge in [-0.25, -0.2) is 19.3 Å². The summed E-state index contributed by atoms with van der Waals surface area (Å²) in [5.74, 6) is 0.364. The predicted molar refractivity (Wildman–Crippen MR) is 161 cm³/mol. The van der Waals surface area contributed by atoms with E-state index in [0.29, 0.717) is 41.3 Å². The van der Waals surface area contributed by atoms with E-state index >= 15 is 0 Å². The highest BCUT2D eigenvalue weighted by molar-refractivity contribution is 5.84. The molecule has 1 aromatic carbocycles. The molecule has 11 heteroatoms. The van der Waals surface area contributed by atoms with E-state index in [0.717, 1.165) is 11.1 Å². The smallest absolute Gasteiger partial charge is 0.278 e. The Kier molecular flexibility index (Phi) is 7.06. The highest BCUT2D eigenvalue weighted by Gasteiger charge is 2.38. The summed E-state index contributed by atoms with van der Waals surface area (Å²) >= 11 is 0. The van der Waals surface area contributed by atoms with E-state index in [9.17, 15) is 19.8 Å². The minimum Gasteiger partial charge on any atom is -0.384 e. The summed E-state index contributed by atoms with van der Waals surface area (Å²) in [5, 5.41) is 24.4. The van der Waals surface area contributed by atoms with Crippen molar-refractivity contribution in [2.75, 3.05) is 11.9 Å². The summed E-state index contributed by atoms with van der Waals surface area (Å²) in [6.45, 7) is 15.3. The lowest BCUT2D eigenvalue weighted by molar-refractivity contribution is -0.149. The molecule has 42 heavy (non-hydrogen) atoms. The van der Waals surface area contributed by atoms with Crippen molar-refractivity contribution in [3.8, 4) is 5.82 Å². The third-order valence-electron chi connectivity index (χ3n) is 7.40. The standard InChI is InChI=1S/C31H37N7O4/c1-8-14-37-26(39)21-16-32-28(35-25(21)38(37)24-11-9-10-23(34-24)30(4,5)41)33-20-12-13-22-19(15-20)17-36(18-29(22,2)3)27(40)31(6,7)42/h8-13,15-16,41-42H,1,14,17-18H2,2-7H3,(H,32,33,35). The number of aromatic nitrogens is 5. The minimum atomic E-state index is -1.47. The summed E-state index contributed by atoms with van der Waals surface area (Å²) in [4.78, 5) is 41.6. The molecule has 0 fully saturated rings. The van der Waals surface area contributed by atoms with Gasteiger partial charge in [0, 0.05) is 30.4 Å². The lowest BCUT2D eigenvalue weighted by Crippen LogP contribution is -2.51. The zero-order chi connectivity index (χ0) is 30.6. The van der Waals surface area contributed by atoms with Gasteiger partial charge in [0.15, 0.2) is 11.5 Å². The molecule has 11 nitrogen and oxygen atoms in total. The van der Waals surface area contributed by atoms with E-state index in [2.05, 4.69) is 35.7 Å². The van der Waals surface area contributed by atoms with Gasteiger partial charge in [0.05, 0.1) is 12.2 Å². The zero-order valence-corrected chi connectivity index (χ0v) is 24.8. The van der Waals surface area contributed by atoms with Crippen LogP contribution in [0.25, 0.3) is 16.9 Å². The number of amides is 1. The molecule has 0 saturated carbocycles. The summed E-state index contributed by atoms with van der Waals surface area (Å²) in [6, 6.07) is 11.2. The first-order valence-corrected chi connectivity index (χ1v) is 13.8. The number of aliphatic hydroxyl groups is 2. The fourth-order valence-electron chi connectivity index (χ4n) is 5.44. The minimum absolute atomic E-state index is 0.215. The first-order valence-electron chi connectivity index (χ1n) is 13.8. The van der Waals surface area contributed by atoms with Gasteiger partial charge in [0.25, 0.3) is 11.5 Å². The van der Waals surface area contributed by atoms with Crippen molar-refractivity contribution in [3.63, 3.8) is 0 Å². The van der Waals surface area contributed by atoms with E-state index in [1.165, 1.54) is 24.7 Å². The number of nitrogens with zero attached hydrogens (tertiary/aromatic N) is 6. The van der Waals surface area contributed by atoms with Crippen LogP contribution in [0, 0.1) is 0 Å². The van der Waals surface area contributed by atoms with Crippen LogP contribution in [0.4, 0.5) is 11.6 Å². The summed E-state index contributed by atoms with van der Waals surface area (Å²) < 4.78 is 3.08. The van der Waals surface area contributed by atoms with E-state index in [1.54, 1.807) is 47.7 Å². The lowest BCUT2D eigenvalue weighted by Gasteiger charge is -2.41. The molecule has 5 rings (SSSR count). The molecule has 3 N–H and O–H groups in total. The number of benzene rings is 1. The average Bonchev–Trinajstić information content (AvgIpc) is 3.17. The Labute approximate surface area is 244 Å². The second-order valence-electron chi connectivity index (χ2n) is 12.5. The number of carbonyl (C=O) groups is 1. The van der Waals surface area contributed by atoms with Gasteiger partial charge in [-0.1, -0.05) is 32.1 Å². The topological polar surface area (TPSA) is 138 Å². The van der Waals surface area contributed by atoms with Crippen LogP contribution in [0.15, 0.2) is 60.0 Å². The van der Waals surface area contributed by atoms with Gasteiger partial charge in [-0.15, -0.1) is 6.58 Å². The van der Waals surface area contributed by atoms with Crippen LogP contribution in [-0.2, 0) is 28.9 Å². The molecule has 0 atom stereocenters. The van der Waals surface area contributed by atoms with Crippen LogP contribution >= 0.6 is 0 Å². The molecule has 0 radical (unpaired) electrons. The third-order valence-corrected chi connectivity index (χ3v) is 7.40. The third kappa shape index (κ3) is 5.33. The van der Waals surface area contributed by atoms with E-state index < -0.39 is 11.2 Å². The van der Waals surface area contributed by atoms with E-state index in [-0.39, 0.29) is 29.4 Å². The molecule has 1 amide bonds. The summed E-state index contributed by atoms with van der Waals surface area (Å²) in [6.07, 6.45) is 3.10. The van der Waals surface area contributed by atoms with Crippen molar-refractivity contribution in [1.82, 2.24) is 29.2 Å². The largest absolute Gasteiger partial charge is 0.384 e. The van der Waals surface area contributed by atoms with Gasteiger partial charge in [-0.2, -0.15) is 4.98 Å². The number of pyridine rings is 1. The van der Waals surface area contributed by atoms with Crippen LogP contribution in [-0.4, -0.2) is 57.5 Å². The van der Waals surface area contributed by atoms with Crippen molar-refractivity contribution >= 4 is 28.6 Å². The van der Waals surface area contributed by atoms with Crippen molar-refractivity contribution in [3.05, 3.63) is 82.4 Å². The van der Waals surface area contributed by atoms with Gasteiger partial charge in [-0.05, 0) is 63.1 Å². The Morgan fingerprint density at radius 3 is 2.55 bits per heavy atom. The second-order valence-corrected chi connectivity index (χ2v) is 12.5. The van der Waals surface area contributed by atoms with Crippen molar-refractivity contribution in [2.45, 2.75) is 71.2 Å². The number of carbonyl (C=O) groups excluding carboxylic acids is 1. The molecule has 0 saturated heterocycles.